The molecule has 0 unspecified atom stereocenters. The van der Waals surface area contributed by atoms with Gasteiger partial charge in [0.05, 0.1) is 21.1 Å². The summed E-state index contributed by atoms with van der Waals surface area (Å²) < 4.78 is 1.54. The van der Waals surface area contributed by atoms with Crippen molar-refractivity contribution in [1.29, 1.82) is 0 Å². The Balaban J connectivity index is 1.58. The molecule has 1 fully saturated rings. The van der Waals surface area contributed by atoms with Gasteiger partial charge in [-0.15, -0.1) is 0 Å². The van der Waals surface area contributed by atoms with Crippen molar-refractivity contribution >= 4 is 51.8 Å². The number of rotatable bonds is 6. The van der Waals surface area contributed by atoms with E-state index in [1.54, 1.807) is 13.1 Å². The number of hydrogen-bond donors (Lipinski definition) is 2. The van der Waals surface area contributed by atoms with Crippen LogP contribution in [0, 0.1) is 0 Å². The Hall–Kier alpha value is -3.23. The van der Waals surface area contributed by atoms with Gasteiger partial charge in [0.2, 0.25) is 0 Å². The second-order valence-electron chi connectivity index (χ2n) is 8.47. The number of carbonyl (C=O) groups excluding carboxylic acids is 1. The second kappa shape index (κ2) is 10.6. The third kappa shape index (κ3) is 5.23. The first-order valence-electron chi connectivity index (χ1n) is 11.3. The maximum Gasteiger partial charge on any atom is 0.407 e. The molecule has 0 saturated carbocycles. The zero-order valence-electron chi connectivity index (χ0n) is 19.3. The number of benzene rings is 2. The standard InChI is InChI=1S/C25H26Cl2N4O4/c1-29-20-7-3-2-6-17(20)21(22(24(29)33)30-11-13-31(14-12-30)25(34)35)23(32)28-10-4-5-16-8-9-18(26)19(27)15-16/h2-3,6-9,15H,4-5,10-14H2,1H3,(H,28,32)(H,34,35). The van der Waals surface area contributed by atoms with E-state index in [9.17, 15) is 19.5 Å². The normalized spacial score (nSPS) is 13.8. The molecule has 0 radical (unpaired) electrons. The number of amides is 2. The molecule has 0 spiro atoms. The number of halogens is 2. The average Bonchev–Trinajstić information content (AvgIpc) is 2.86. The number of nitrogens with one attached hydrogen (secondary N) is 1. The van der Waals surface area contributed by atoms with Crippen LogP contribution in [-0.4, -0.2) is 59.3 Å². The molecule has 4 rings (SSSR count). The van der Waals surface area contributed by atoms with Crippen molar-refractivity contribution in [2.24, 2.45) is 7.05 Å². The highest BCUT2D eigenvalue weighted by Crippen LogP contribution is 2.27. The number of fused-ring (bicyclic) bond motifs is 1. The number of aryl methyl sites for hydroxylation is 2. The molecule has 1 saturated heterocycles. The Morgan fingerprint density at radius 1 is 1.03 bits per heavy atom. The van der Waals surface area contributed by atoms with Gasteiger partial charge < -0.3 is 24.8 Å². The fourth-order valence-corrected chi connectivity index (χ4v) is 4.72. The number of hydrogen-bond acceptors (Lipinski definition) is 4. The van der Waals surface area contributed by atoms with Crippen LogP contribution in [0.2, 0.25) is 10.0 Å². The lowest BCUT2D eigenvalue weighted by atomic mass is 10.0. The average molecular weight is 517 g/mol. The zero-order valence-corrected chi connectivity index (χ0v) is 20.8. The van der Waals surface area contributed by atoms with E-state index >= 15 is 0 Å². The summed E-state index contributed by atoms with van der Waals surface area (Å²) in [5, 5.41) is 13.9. The SMILES string of the molecule is Cn1c(=O)c(N2CCN(C(=O)O)CC2)c(C(=O)NCCCc2ccc(Cl)c(Cl)c2)c2ccccc21. The first-order valence-corrected chi connectivity index (χ1v) is 12.1. The minimum absolute atomic E-state index is 0.260. The summed E-state index contributed by atoms with van der Waals surface area (Å²) in [7, 11) is 1.68. The van der Waals surface area contributed by atoms with Crippen LogP contribution in [0.5, 0.6) is 0 Å². The third-order valence-electron chi connectivity index (χ3n) is 6.28. The van der Waals surface area contributed by atoms with E-state index in [1.807, 2.05) is 41.3 Å². The number of para-hydroxylation sites is 1. The van der Waals surface area contributed by atoms with Crippen molar-refractivity contribution in [2.75, 3.05) is 37.6 Å². The van der Waals surface area contributed by atoms with Crippen LogP contribution in [0.1, 0.15) is 22.3 Å². The van der Waals surface area contributed by atoms with E-state index in [4.69, 9.17) is 23.2 Å². The topological polar surface area (TPSA) is 94.9 Å². The predicted molar refractivity (Wildman–Crippen MR) is 138 cm³/mol. The summed E-state index contributed by atoms with van der Waals surface area (Å²) in [6.07, 6.45) is 0.397. The molecule has 2 amide bonds. The van der Waals surface area contributed by atoms with Crippen molar-refractivity contribution in [1.82, 2.24) is 14.8 Å². The van der Waals surface area contributed by atoms with Crippen molar-refractivity contribution in [3.63, 3.8) is 0 Å². The highest BCUT2D eigenvalue weighted by atomic mass is 35.5. The predicted octanol–water partition coefficient (Wildman–Crippen LogP) is 4.01. The number of aromatic nitrogens is 1. The number of nitrogens with zero attached hydrogens (tertiary/aromatic N) is 3. The van der Waals surface area contributed by atoms with Gasteiger partial charge in [-0.1, -0.05) is 47.5 Å². The second-order valence-corrected chi connectivity index (χ2v) is 9.28. The van der Waals surface area contributed by atoms with Gasteiger partial charge in [-0.05, 0) is 36.6 Å². The first kappa shape index (κ1) is 24.9. The van der Waals surface area contributed by atoms with Crippen LogP contribution in [0.3, 0.4) is 0 Å². The number of pyridine rings is 1. The van der Waals surface area contributed by atoms with Crippen molar-refractivity contribution in [2.45, 2.75) is 12.8 Å². The van der Waals surface area contributed by atoms with Crippen molar-refractivity contribution in [3.05, 3.63) is 74.0 Å². The summed E-state index contributed by atoms with van der Waals surface area (Å²) in [5.41, 5.74) is 2.02. The van der Waals surface area contributed by atoms with Gasteiger partial charge in [0.15, 0.2) is 0 Å². The molecular weight excluding hydrogens is 491 g/mol. The molecule has 10 heteroatoms. The molecule has 1 aliphatic rings. The van der Waals surface area contributed by atoms with E-state index in [0.717, 1.165) is 5.56 Å². The minimum atomic E-state index is -0.990. The van der Waals surface area contributed by atoms with Gasteiger partial charge in [0.1, 0.15) is 5.69 Å². The van der Waals surface area contributed by atoms with Crippen LogP contribution in [-0.2, 0) is 13.5 Å². The number of carboxylic acid groups (broad SMARTS) is 1. The van der Waals surface area contributed by atoms with E-state index < -0.39 is 6.09 Å². The van der Waals surface area contributed by atoms with E-state index in [-0.39, 0.29) is 24.6 Å². The summed E-state index contributed by atoms with van der Waals surface area (Å²) in [4.78, 5) is 41.3. The monoisotopic (exact) mass is 516 g/mol. The lowest BCUT2D eigenvalue weighted by molar-refractivity contribution is 0.0954. The molecular formula is C25H26Cl2N4O4. The Labute approximate surface area is 212 Å². The van der Waals surface area contributed by atoms with Crippen LogP contribution in [0.4, 0.5) is 10.5 Å². The molecule has 1 aliphatic heterocycles. The smallest absolute Gasteiger partial charge is 0.407 e. The molecule has 3 aromatic rings. The Kier molecular flexibility index (Phi) is 7.52. The molecule has 8 nitrogen and oxygen atoms in total. The molecule has 0 aliphatic carbocycles. The van der Waals surface area contributed by atoms with Crippen molar-refractivity contribution < 1.29 is 14.7 Å². The fraction of sp³-hybridized carbons (Fsp3) is 0.320. The van der Waals surface area contributed by atoms with E-state index in [2.05, 4.69) is 5.32 Å². The molecule has 1 aromatic heterocycles. The molecule has 0 atom stereocenters. The molecule has 2 N–H and O–H groups in total. The number of carbonyl (C=O) groups is 2. The largest absolute Gasteiger partial charge is 0.465 e. The van der Waals surface area contributed by atoms with Gasteiger partial charge in [-0.25, -0.2) is 4.79 Å². The third-order valence-corrected chi connectivity index (χ3v) is 7.02. The maximum atomic E-state index is 13.4. The van der Waals surface area contributed by atoms with Gasteiger partial charge in [0, 0.05) is 45.2 Å². The molecule has 0 bridgehead atoms. The first-order chi connectivity index (χ1) is 16.8. The molecule has 184 valence electrons. The summed E-state index contributed by atoms with van der Waals surface area (Å²) in [6, 6.07) is 12.8. The Bertz CT molecular complexity index is 1330. The van der Waals surface area contributed by atoms with Gasteiger partial charge in [-0.3, -0.25) is 9.59 Å². The molecule has 2 heterocycles. The minimum Gasteiger partial charge on any atom is -0.465 e. The van der Waals surface area contributed by atoms with Crippen LogP contribution < -0.4 is 15.8 Å². The molecule has 35 heavy (non-hydrogen) atoms. The van der Waals surface area contributed by atoms with Crippen LogP contribution in [0.15, 0.2) is 47.3 Å². The summed E-state index contributed by atoms with van der Waals surface area (Å²) in [6.45, 7) is 1.59. The Morgan fingerprint density at radius 2 is 1.74 bits per heavy atom. The fourth-order valence-electron chi connectivity index (χ4n) is 4.40. The number of anilines is 1. The molecule has 2 aromatic carbocycles. The van der Waals surface area contributed by atoms with Gasteiger partial charge >= 0.3 is 6.09 Å². The highest BCUT2D eigenvalue weighted by Gasteiger charge is 2.28. The van der Waals surface area contributed by atoms with Gasteiger partial charge in [-0.2, -0.15) is 0 Å². The lowest BCUT2D eigenvalue weighted by Crippen LogP contribution is -2.50. The zero-order chi connectivity index (χ0) is 25.1. The lowest BCUT2D eigenvalue weighted by Gasteiger charge is -2.35. The van der Waals surface area contributed by atoms with Crippen LogP contribution >= 0.6 is 23.2 Å². The maximum absolute atomic E-state index is 13.4. The van der Waals surface area contributed by atoms with E-state index in [0.29, 0.717) is 64.7 Å². The van der Waals surface area contributed by atoms with Gasteiger partial charge in [0.25, 0.3) is 11.5 Å². The van der Waals surface area contributed by atoms with E-state index in [1.165, 1.54) is 9.47 Å². The number of piperazine rings is 1. The summed E-state index contributed by atoms with van der Waals surface area (Å²) >= 11 is 12.1. The summed E-state index contributed by atoms with van der Waals surface area (Å²) in [5.74, 6) is -0.330. The Morgan fingerprint density at radius 3 is 2.43 bits per heavy atom. The highest BCUT2D eigenvalue weighted by molar-refractivity contribution is 6.42. The van der Waals surface area contributed by atoms with Crippen LogP contribution in [0.25, 0.3) is 10.9 Å². The van der Waals surface area contributed by atoms with Crippen molar-refractivity contribution in [3.8, 4) is 0 Å². The quantitative estimate of drug-likeness (QED) is 0.482.